The maximum atomic E-state index is 13.0. The molecule has 3 atom stereocenters. The predicted molar refractivity (Wildman–Crippen MR) is 87.5 cm³/mol. The molecule has 5 nitrogen and oxygen atoms in total. The molecule has 1 saturated heterocycles. The summed E-state index contributed by atoms with van der Waals surface area (Å²) in [5.41, 5.74) is 0.875. The summed E-state index contributed by atoms with van der Waals surface area (Å²) in [6.45, 7) is 1.87. The second-order valence-electron chi connectivity index (χ2n) is 5.45. The molecule has 0 N–H and O–H groups in total. The third-order valence-electron chi connectivity index (χ3n) is 4.16. The van der Waals surface area contributed by atoms with Crippen molar-refractivity contribution in [2.45, 2.75) is 23.2 Å². The Labute approximate surface area is 139 Å². The molecule has 1 aliphatic heterocycles. The van der Waals surface area contributed by atoms with E-state index in [0.29, 0.717) is 0 Å². The van der Waals surface area contributed by atoms with Crippen LogP contribution in [0.15, 0.2) is 52.1 Å². The maximum Gasteiger partial charge on any atom is 0.324 e. The van der Waals surface area contributed by atoms with E-state index in [2.05, 4.69) is 0 Å². The van der Waals surface area contributed by atoms with Gasteiger partial charge in [-0.2, -0.15) is 4.31 Å². The van der Waals surface area contributed by atoms with Gasteiger partial charge in [0.15, 0.2) is 0 Å². The average Bonchev–Trinajstić information content (AvgIpc) is 3.08. The second kappa shape index (κ2) is 6.07. The molecule has 1 aromatic heterocycles. The summed E-state index contributed by atoms with van der Waals surface area (Å²) < 4.78 is 32.3. The van der Waals surface area contributed by atoms with E-state index in [-0.39, 0.29) is 16.2 Å². The molecule has 0 saturated carbocycles. The number of esters is 1. The van der Waals surface area contributed by atoms with Crippen LogP contribution in [-0.2, 0) is 19.6 Å². The summed E-state index contributed by atoms with van der Waals surface area (Å²) in [7, 11) is -2.46. The fraction of sp³-hybridized carbons (Fsp3) is 0.312. The zero-order chi connectivity index (χ0) is 16.6. The van der Waals surface area contributed by atoms with Gasteiger partial charge < -0.3 is 4.74 Å². The molecule has 0 unspecified atom stereocenters. The highest BCUT2D eigenvalue weighted by atomic mass is 32.2. The lowest BCUT2D eigenvalue weighted by Crippen LogP contribution is -2.62. The Morgan fingerprint density at radius 1 is 1.17 bits per heavy atom. The van der Waals surface area contributed by atoms with E-state index in [4.69, 9.17) is 4.74 Å². The van der Waals surface area contributed by atoms with E-state index in [1.54, 1.807) is 17.5 Å². The van der Waals surface area contributed by atoms with Gasteiger partial charge >= 0.3 is 5.97 Å². The number of nitrogens with zero attached hydrogens (tertiary/aromatic N) is 1. The number of hydrogen-bond donors (Lipinski definition) is 0. The molecule has 0 amide bonds. The highest BCUT2D eigenvalue weighted by Crippen LogP contribution is 2.48. The molecule has 2 heterocycles. The first-order valence-electron chi connectivity index (χ1n) is 7.18. The number of rotatable bonds is 4. The summed E-state index contributed by atoms with van der Waals surface area (Å²) >= 11 is 1.15. The molecular formula is C16H17NO4S2. The number of ether oxygens (including phenoxy) is 1. The van der Waals surface area contributed by atoms with Crippen LogP contribution in [0.25, 0.3) is 0 Å². The smallest absolute Gasteiger partial charge is 0.324 e. The Morgan fingerprint density at radius 2 is 1.87 bits per heavy atom. The van der Waals surface area contributed by atoms with E-state index >= 15 is 0 Å². The van der Waals surface area contributed by atoms with Crippen molar-refractivity contribution in [3.05, 3.63) is 53.4 Å². The minimum atomic E-state index is -3.74. The summed E-state index contributed by atoms with van der Waals surface area (Å²) in [6, 6.07) is 11.4. The first kappa shape index (κ1) is 16.2. The Bertz CT molecular complexity index is 787. The zero-order valence-electron chi connectivity index (χ0n) is 12.7. The molecule has 0 aliphatic carbocycles. The molecule has 1 fully saturated rings. The monoisotopic (exact) mass is 351 g/mol. The van der Waals surface area contributed by atoms with E-state index in [1.165, 1.54) is 11.4 Å². The first-order valence-corrected chi connectivity index (χ1v) is 9.50. The number of hydrogen-bond acceptors (Lipinski definition) is 5. The molecule has 1 aliphatic rings. The third-order valence-corrected chi connectivity index (χ3v) is 7.39. The van der Waals surface area contributed by atoms with Crippen molar-refractivity contribution in [1.82, 2.24) is 4.31 Å². The highest BCUT2D eigenvalue weighted by molar-refractivity contribution is 7.91. The number of benzene rings is 1. The van der Waals surface area contributed by atoms with Gasteiger partial charge in [-0.15, -0.1) is 11.3 Å². The van der Waals surface area contributed by atoms with Crippen LogP contribution in [0.4, 0.5) is 0 Å². The molecule has 1 aromatic carbocycles. The normalized spacial score (nSPS) is 24.9. The molecule has 23 heavy (non-hydrogen) atoms. The largest absolute Gasteiger partial charge is 0.468 e. The van der Waals surface area contributed by atoms with Gasteiger partial charge in [0.1, 0.15) is 10.3 Å². The van der Waals surface area contributed by atoms with Crippen molar-refractivity contribution in [2.75, 3.05) is 7.11 Å². The standard InChI is InChI=1S/C16H17NO4S2/c1-11-14(12-7-4-3-5-8-12)17(15(11)16(18)21-2)23(19,20)13-9-6-10-22-13/h3-11,14-15H,1-2H3/t11-,14-,15-/m0/s1. The Morgan fingerprint density at radius 3 is 2.43 bits per heavy atom. The van der Waals surface area contributed by atoms with E-state index in [9.17, 15) is 13.2 Å². The van der Waals surface area contributed by atoms with Crippen LogP contribution in [0.1, 0.15) is 18.5 Å². The number of carbonyl (C=O) groups is 1. The quantitative estimate of drug-likeness (QED) is 0.795. The molecule has 0 radical (unpaired) electrons. The summed E-state index contributed by atoms with van der Waals surface area (Å²) in [4.78, 5) is 12.1. The number of thiophene rings is 1. The van der Waals surface area contributed by atoms with Crippen molar-refractivity contribution >= 4 is 27.3 Å². The summed E-state index contributed by atoms with van der Waals surface area (Å²) in [6.07, 6.45) is 0. The molecule has 122 valence electrons. The molecule has 0 spiro atoms. The summed E-state index contributed by atoms with van der Waals surface area (Å²) in [5, 5.41) is 1.71. The van der Waals surface area contributed by atoms with Crippen molar-refractivity contribution in [1.29, 1.82) is 0 Å². The Kier molecular flexibility index (Phi) is 4.27. The van der Waals surface area contributed by atoms with Gasteiger partial charge in [-0.3, -0.25) is 4.79 Å². The number of sulfonamides is 1. The van der Waals surface area contributed by atoms with Crippen LogP contribution in [-0.4, -0.2) is 31.8 Å². The Hall–Kier alpha value is -1.70. The van der Waals surface area contributed by atoms with Gasteiger partial charge in [0.2, 0.25) is 0 Å². The van der Waals surface area contributed by atoms with Gasteiger partial charge in [-0.1, -0.05) is 43.3 Å². The highest BCUT2D eigenvalue weighted by Gasteiger charge is 2.57. The van der Waals surface area contributed by atoms with Crippen LogP contribution in [0, 0.1) is 5.92 Å². The van der Waals surface area contributed by atoms with Crippen LogP contribution in [0.5, 0.6) is 0 Å². The lowest BCUT2D eigenvalue weighted by Gasteiger charge is -2.50. The molecule has 7 heteroatoms. The number of methoxy groups -OCH3 is 1. The predicted octanol–water partition coefficient (Wildman–Crippen LogP) is 2.67. The van der Waals surface area contributed by atoms with Crippen molar-refractivity contribution in [3.8, 4) is 0 Å². The fourth-order valence-electron chi connectivity index (χ4n) is 3.06. The molecule has 2 aromatic rings. The fourth-order valence-corrected chi connectivity index (χ4v) is 6.07. The minimum Gasteiger partial charge on any atom is -0.468 e. The molecule has 3 rings (SSSR count). The van der Waals surface area contributed by atoms with Gasteiger partial charge in [0.05, 0.1) is 13.2 Å². The van der Waals surface area contributed by atoms with E-state index in [1.807, 2.05) is 37.3 Å². The summed E-state index contributed by atoms with van der Waals surface area (Å²) in [5.74, 6) is -0.676. The van der Waals surface area contributed by atoms with Crippen LogP contribution in [0.3, 0.4) is 0 Å². The maximum absolute atomic E-state index is 13.0. The van der Waals surface area contributed by atoms with Gasteiger partial charge in [-0.05, 0) is 17.0 Å². The lowest BCUT2D eigenvalue weighted by molar-refractivity contribution is -0.155. The van der Waals surface area contributed by atoms with Gasteiger partial charge in [-0.25, -0.2) is 8.42 Å². The van der Waals surface area contributed by atoms with Crippen LogP contribution < -0.4 is 0 Å². The number of carbonyl (C=O) groups excluding carboxylic acids is 1. The van der Waals surface area contributed by atoms with Crippen molar-refractivity contribution < 1.29 is 17.9 Å². The first-order chi connectivity index (χ1) is 11.0. The van der Waals surface area contributed by atoms with Crippen molar-refractivity contribution in [3.63, 3.8) is 0 Å². The van der Waals surface area contributed by atoms with Gasteiger partial charge in [0.25, 0.3) is 10.0 Å². The van der Waals surface area contributed by atoms with Crippen LogP contribution in [0.2, 0.25) is 0 Å². The minimum absolute atomic E-state index is 0.153. The zero-order valence-corrected chi connectivity index (χ0v) is 14.4. The molecule has 0 bridgehead atoms. The SMILES string of the molecule is COC(=O)[C@@H]1[C@@H](C)[C@@H](c2ccccc2)N1S(=O)(=O)c1cccs1. The van der Waals surface area contributed by atoms with E-state index in [0.717, 1.165) is 16.9 Å². The van der Waals surface area contributed by atoms with Crippen molar-refractivity contribution in [2.24, 2.45) is 5.92 Å². The lowest BCUT2D eigenvalue weighted by atomic mass is 9.80. The van der Waals surface area contributed by atoms with E-state index < -0.39 is 22.0 Å². The van der Waals surface area contributed by atoms with Gasteiger partial charge in [0, 0.05) is 5.92 Å². The average molecular weight is 351 g/mol. The topological polar surface area (TPSA) is 63.7 Å². The Balaban J connectivity index is 2.05. The second-order valence-corrected chi connectivity index (χ2v) is 8.47. The molecular weight excluding hydrogens is 334 g/mol. The van der Waals surface area contributed by atoms with Crippen LogP contribution >= 0.6 is 11.3 Å². The third kappa shape index (κ3) is 2.58.